The molecule has 3 aromatic rings. The Morgan fingerprint density at radius 1 is 1.06 bits per heavy atom. The molecule has 0 bridgehead atoms. The van der Waals surface area contributed by atoms with Crippen LogP contribution in [0.1, 0.15) is 10.4 Å². The molecule has 1 amide bonds. The fraction of sp³-hybridized carbons (Fsp3) is 0.227. The first-order valence-corrected chi connectivity index (χ1v) is 11.4. The first-order valence-electron chi connectivity index (χ1n) is 9.94. The molecule has 0 atom stereocenters. The number of benzene rings is 2. The van der Waals surface area contributed by atoms with Crippen molar-refractivity contribution in [3.8, 4) is 17.1 Å². The van der Waals surface area contributed by atoms with Crippen LogP contribution in [-0.2, 0) is 14.8 Å². The van der Waals surface area contributed by atoms with Crippen LogP contribution < -0.4 is 10.1 Å². The quantitative estimate of drug-likeness (QED) is 0.609. The van der Waals surface area contributed by atoms with Crippen molar-refractivity contribution in [2.45, 2.75) is 4.90 Å². The van der Waals surface area contributed by atoms with Gasteiger partial charge in [0.05, 0.1) is 36.5 Å². The fourth-order valence-corrected chi connectivity index (χ4v) is 4.69. The first kappa shape index (κ1) is 21.9. The predicted octanol–water partition coefficient (Wildman–Crippen LogP) is 2.43. The van der Waals surface area contributed by atoms with E-state index in [1.807, 2.05) is 30.3 Å². The summed E-state index contributed by atoms with van der Waals surface area (Å²) in [7, 11) is -2.28. The Morgan fingerprint density at radius 3 is 2.41 bits per heavy atom. The molecule has 10 heteroatoms. The minimum Gasteiger partial charge on any atom is -0.495 e. The number of rotatable bonds is 6. The van der Waals surface area contributed by atoms with E-state index in [-0.39, 0.29) is 29.2 Å². The molecule has 0 aliphatic carbocycles. The van der Waals surface area contributed by atoms with Gasteiger partial charge in [0.25, 0.3) is 5.91 Å². The zero-order chi connectivity index (χ0) is 22.6. The second-order valence-corrected chi connectivity index (χ2v) is 8.93. The van der Waals surface area contributed by atoms with E-state index in [0.717, 1.165) is 5.56 Å². The van der Waals surface area contributed by atoms with E-state index in [4.69, 9.17) is 9.47 Å². The molecule has 2 aromatic carbocycles. The number of nitrogens with one attached hydrogen (secondary N) is 1. The van der Waals surface area contributed by atoms with Crippen molar-refractivity contribution in [1.29, 1.82) is 0 Å². The maximum atomic E-state index is 13.0. The van der Waals surface area contributed by atoms with Gasteiger partial charge in [-0.25, -0.2) is 18.4 Å². The SMILES string of the molecule is COc1ccc(S(=O)(=O)N2CCOCC2)cc1NC(=O)c1cnc(-c2ccccc2)nc1. The summed E-state index contributed by atoms with van der Waals surface area (Å²) in [5.74, 6) is 0.350. The van der Waals surface area contributed by atoms with Crippen molar-refractivity contribution in [2.24, 2.45) is 0 Å². The molecule has 1 N–H and O–H groups in total. The number of amides is 1. The predicted molar refractivity (Wildman–Crippen MR) is 118 cm³/mol. The number of aromatic nitrogens is 2. The first-order chi connectivity index (χ1) is 15.5. The lowest BCUT2D eigenvalue weighted by Gasteiger charge is -2.26. The van der Waals surface area contributed by atoms with Crippen molar-refractivity contribution in [3.63, 3.8) is 0 Å². The second kappa shape index (κ2) is 9.43. The van der Waals surface area contributed by atoms with Crippen LogP contribution in [0, 0.1) is 0 Å². The number of hydrogen-bond acceptors (Lipinski definition) is 7. The van der Waals surface area contributed by atoms with Crippen molar-refractivity contribution in [2.75, 3.05) is 38.7 Å². The van der Waals surface area contributed by atoms with Gasteiger partial charge < -0.3 is 14.8 Å². The number of morpholine rings is 1. The molecule has 0 unspecified atom stereocenters. The summed E-state index contributed by atoms with van der Waals surface area (Å²) in [4.78, 5) is 21.3. The van der Waals surface area contributed by atoms with E-state index in [1.54, 1.807) is 0 Å². The van der Waals surface area contributed by atoms with Crippen molar-refractivity contribution in [1.82, 2.24) is 14.3 Å². The zero-order valence-corrected chi connectivity index (χ0v) is 18.2. The molecule has 0 radical (unpaired) electrons. The minimum atomic E-state index is -3.72. The third-order valence-corrected chi connectivity index (χ3v) is 6.87. The molecule has 9 nitrogen and oxygen atoms in total. The Kier molecular flexibility index (Phi) is 6.45. The van der Waals surface area contributed by atoms with E-state index in [9.17, 15) is 13.2 Å². The molecular weight excluding hydrogens is 432 g/mol. The molecule has 166 valence electrons. The third-order valence-electron chi connectivity index (χ3n) is 4.97. The van der Waals surface area contributed by atoms with Crippen LogP contribution in [0.4, 0.5) is 5.69 Å². The number of anilines is 1. The maximum Gasteiger partial charge on any atom is 0.258 e. The molecule has 0 saturated carbocycles. The van der Waals surface area contributed by atoms with Gasteiger partial charge in [-0.15, -0.1) is 0 Å². The van der Waals surface area contributed by atoms with Gasteiger partial charge in [-0.3, -0.25) is 4.79 Å². The van der Waals surface area contributed by atoms with E-state index in [0.29, 0.717) is 24.8 Å². The smallest absolute Gasteiger partial charge is 0.258 e. The lowest BCUT2D eigenvalue weighted by molar-refractivity contribution is 0.0730. The Hall–Kier alpha value is -3.34. The van der Waals surface area contributed by atoms with Crippen molar-refractivity contribution >= 4 is 21.6 Å². The fourth-order valence-electron chi connectivity index (χ4n) is 3.26. The summed E-state index contributed by atoms with van der Waals surface area (Å²) in [6.07, 6.45) is 2.84. The zero-order valence-electron chi connectivity index (χ0n) is 17.4. The van der Waals surface area contributed by atoms with Gasteiger partial charge in [0.2, 0.25) is 10.0 Å². The number of nitrogens with zero attached hydrogens (tertiary/aromatic N) is 3. The van der Waals surface area contributed by atoms with Gasteiger partial charge in [0.15, 0.2) is 5.82 Å². The summed E-state index contributed by atoms with van der Waals surface area (Å²) in [6.45, 7) is 1.25. The van der Waals surface area contributed by atoms with Crippen LogP contribution in [0.15, 0.2) is 65.8 Å². The van der Waals surface area contributed by atoms with Crippen molar-refractivity contribution < 1.29 is 22.7 Å². The molecule has 2 heterocycles. The monoisotopic (exact) mass is 454 g/mol. The number of methoxy groups -OCH3 is 1. The van der Waals surface area contributed by atoms with E-state index in [2.05, 4.69) is 15.3 Å². The van der Waals surface area contributed by atoms with Crippen LogP contribution in [0.25, 0.3) is 11.4 Å². The van der Waals surface area contributed by atoms with Crippen LogP contribution in [0.3, 0.4) is 0 Å². The molecule has 4 rings (SSSR count). The van der Waals surface area contributed by atoms with E-state index in [1.165, 1.54) is 42.0 Å². The van der Waals surface area contributed by atoms with Crippen LogP contribution in [-0.4, -0.2) is 62.0 Å². The standard InChI is InChI=1S/C22H22N4O5S/c1-30-20-8-7-18(32(28,29)26-9-11-31-12-10-26)13-19(20)25-22(27)17-14-23-21(24-15-17)16-5-3-2-4-6-16/h2-8,13-15H,9-12H2,1H3,(H,25,27). The van der Waals surface area contributed by atoms with Crippen LogP contribution in [0.5, 0.6) is 5.75 Å². The van der Waals surface area contributed by atoms with Crippen molar-refractivity contribution in [3.05, 3.63) is 66.5 Å². The number of carbonyl (C=O) groups is 1. The summed E-state index contributed by atoms with van der Waals surface area (Å²) in [5, 5.41) is 2.70. The topological polar surface area (TPSA) is 111 Å². The highest BCUT2D eigenvalue weighted by Gasteiger charge is 2.27. The lowest BCUT2D eigenvalue weighted by atomic mass is 10.2. The number of ether oxygens (including phenoxy) is 2. The summed E-state index contributed by atoms with van der Waals surface area (Å²) in [6, 6.07) is 13.8. The minimum absolute atomic E-state index is 0.0613. The Labute approximate surface area is 186 Å². The normalized spacial score (nSPS) is 14.7. The Balaban J connectivity index is 1.56. The molecule has 32 heavy (non-hydrogen) atoms. The lowest BCUT2D eigenvalue weighted by Crippen LogP contribution is -2.40. The third kappa shape index (κ3) is 4.62. The summed E-state index contributed by atoms with van der Waals surface area (Å²) < 4.78 is 37.8. The summed E-state index contributed by atoms with van der Waals surface area (Å²) in [5.41, 5.74) is 1.30. The second-order valence-electron chi connectivity index (χ2n) is 6.99. The average molecular weight is 455 g/mol. The van der Waals surface area contributed by atoms with Gasteiger partial charge >= 0.3 is 0 Å². The number of sulfonamides is 1. The highest BCUT2D eigenvalue weighted by Crippen LogP contribution is 2.29. The molecule has 1 aliphatic heterocycles. The average Bonchev–Trinajstić information content (AvgIpc) is 2.85. The van der Waals surface area contributed by atoms with Gasteiger partial charge in [-0.05, 0) is 18.2 Å². The van der Waals surface area contributed by atoms with Crippen LogP contribution in [0.2, 0.25) is 0 Å². The molecule has 1 saturated heterocycles. The van der Waals surface area contributed by atoms with E-state index >= 15 is 0 Å². The molecule has 1 aromatic heterocycles. The molecule has 1 aliphatic rings. The highest BCUT2D eigenvalue weighted by atomic mass is 32.2. The van der Waals surface area contributed by atoms with Gasteiger partial charge in [-0.1, -0.05) is 30.3 Å². The highest BCUT2D eigenvalue weighted by molar-refractivity contribution is 7.89. The number of hydrogen-bond donors (Lipinski definition) is 1. The largest absolute Gasteiger partial charge is 0.495 e. The Morgan fingerprint density at radius 2 is 1.75 bits per heavy atom. The van der Waals surface area contributed by atoms with Gasteiger partial charge in [-0.2, -0.15) is 4.31 Å². The van der Waals surface area contributed by atoms with E-state index < -0.39 is 15.9 Å². The maximum absolute atomic E-state index is 13.0. The van der Waals surface area contributed by atoms with Crippen LogP contribution >= 0.6 is 0 Å². The van der Waals surface area contributed by atoms with Gasteiger partial charge in [0, 0.05) is 31.0 Å². The molecule has 1 fully saturated rings. The summed E-state index contributed by atoms with van der Waals surface area (Å²) >= 11 is 0. The van der Waals surface area contributed by atoms with Gasteiger partial charge in [0.1, 0.15) is 5.75 Å². The number of carbonyl (C=O) groups excluding carboxylic acids is 1. The Bertz CT molecular complexity index is 1190. The molecular formula is C22H22N4O5S. The molecule has 0 spiro atoms.